The lowest BCUT2D eigenvalue weighted by Gasteiger charge is -2.05. The van der Waals surface area contributed by atoms with Crippen LogP contribution in [0.5, 0.6) is 0 Å². The van der Waals surface area contributed by atoms with Gasteiger partial charge in [0.25, 0.3) is 0 Å². The molecule has 8 heavy (non-hydrogen) atoms. The van der Waals surface area contributed by atoms with Crippen molar-refractivity contribution in [2.45, 2.75) is 39.5 Å². The van der Waals surface area contributed by atoms with Gasteiger partial charge in [-0.1, -0.05) is 31.3 Å². The van der Waals surface area contributed by atoms with Gasteiger partial charge < -0.3 is 0 Å². The van der Waals surface area contributed by atoms with Gasteiger partial charge in [0.1, 0.15) is 0 Å². The fourth-order valence-electron chi connectivity index (χ4n) is 0.250. The first kappa shape index (κ1) is 7.74. The van der Waals surface area contributed by atoms with Gasteiger partial charge in [-0.2, -0.15) is 0 Å². The van der Waals surface area contributed by atoms with Crippen LogP contribution < -0.4 is 0 Å². The summed E-state index contributed by atoms with van der Waals surface area (Å²) in [6.45, 7) is 7.50. The van der Waals surface area contributed by atoms with Gasteiger partial charge in [-0.3, -0.25) is 0 Å². The summed E-state index contributed by atoms with van der Waals surface area (Å²) >= 11 is 0. The minimum Gasteiger partial charge on any atom is -0.100 e. The van der Waals surface area contributed by atoms with Gasteiger partial charge in [-0.05, 0) is 13.8 Å². The van der Waals surface area contributed by atoms with Crippen molar-refractivity contribution in [2.24, 2.45) is 0 Å². The minimum absolute atomic E-state index is 1.17. The quantitative estimate of drug-likeness (QED) is 0.422. The predicted molar refractivity (Wildman–Crippen MR) is 39.0 cm³/mol. The Morgan fingerprint density at radius 2 is 1.12 bits per heavy atom. The van der Waals surface area contributed by atoms with Crippen LogP contribution in [0.3, 0.4) is 0 Å². The van der Waals surface area contributed by atoms with E-state index in [-0.39, 0.29) is 0 Å². The summed E-state index contributed by atoms with van der Waals surface area (Å²) in [4.78, 5) is 0. The summed E-state index contributed by atoms with van der Waals surface area (Å²) in [7, 11) is 0. The molecule has 0 radical (unpaired) electrons. The molecule has 0 N–H and O–H groups in total. The van der Waals surface area contributed by atoms with Gasteiger partial charge in [0.05, 0.1) is 0 Å². The number of hydrogen-bond acceptors (Lipinski definition) is 0. The zero-order valence-corrected chi connectivity index (χ0v) is 6.04. The predicted octanol–water partition coefficient (Wildman–Crippen LogP) is 3.14. The zero-order valence-electron chi connectivity index (χ0n) is 6.04. The van der Waals surface area contributed by atoms with Crippen molar-refractivity contribution < 1.29 is 0 Å². The van der Waals surface area contributed by atoms with Crippen molar-refractivity contribution in [1.82, 2.24) is 0 Å². The largest absolute Gasteiger partial charge is 0.100 e. The molecule has 48 valence electrons. The van der Waals surface area contributed by atoms with Crippen LogP contribution in [0.2, 0.25) is 0 Å². The monoisotopic (exact) mass is 112 g/mol. The molecule has 0 saturated heterocycles. The second kappa shape index (κ2) is 4.89. The number of hydrogen-bond donors (Lipinski definition) is 0. The van der Waals surface area contributed by atoms with Crippen molar-refractivity contribution >= 4 is 0 Å². The molecule has 1 saturated carbocycles. The van der Waals surface area contributed by atoms with Crippen LogP contribution in [0, 0.1) is 0 Å². The van der Waals surface area contributed by atoms with E-state index < -0.39 is 0 Å². The maximum Gasteiger partial charge on any atom is -0.0445 e. The Morgan fingerprint density at radius 1 is 1.00 bits per heavy atom. The van der Waals surface area contributed by atoms with E-state index in [0.717, 1.165) is 0 Å². The molecule has 1 aliphatic carbocycles. The molecule has 0 heteroatoms. The fraction of sp³-hybridized carbons (Fsp3) is 0.750. The number of rotatable bonds is 0. The summed E-state index contributed by atoms with van der Waals surface area (Å²) in [5.74, 6) is 0. The van der Waals surface area contributed by atoms with E-state index >= 15 is 0 Å². The Kier molecular flexibility index (Phi) is 4.73. The number of allylic oxidation sites excluding steroid dienone is 1. The molecule has 0 amide bonds. The first-order valence-electron chi connectivity index (χ1n) is 3.35. The zero-order chi connectivity index (χ0) is 6.41. The fourth-order valence-corrected chi connectivity index (χ4v) is 0.250. The molecule has 1 rings (SSSR count). The van der Waals surface area contributed by atoms with Crippen LogP contribution in [-0.4, -0.2) is 0 Å². The Hall–Kier alpha value is -0.260. The van der Waals surface area contributed by atoms with E-state index in [9.17, 15) is 0 Å². The second-order valence-electron chi connectivity index (χ2n) is 2.62. The molecular weight excluding hydrogens is 96.1 g/mol. The lowest BCUT2D eigenvalue weighted by Crippen LogP contribution is -1.85. The Bertz CT molecular complexity index is 50.4. The highest BCUT2D eigenvalue weighted by Crippen LogP contribution is 2.15. The molecule has 0 aromatic heterocycles. The van der Waals surface area contributed by atoms with Gasteiger partial charge >= 0.3 is 0 Å². The molecule has 0 spiro atoms. The van der Waals surface area contributed by atoms with E-state index in [4.69, 9.17) is 0 Å². The smallest absolute Gasteiger partial charge is 0.0445 e. The van der Waals surface area contributed by atoms with Crippen molar-refractivity contribution in [1.29, 1.82) is 0 Å². The normalized spacial score (nSPS) is 15.2. The van der Waals surface area contributed by atoms with Crippen LogP contribution in [0.4, 0.5) is 0 Å². The third-order valence-electron chi connectivity index (χ3n) is 1.000. The minimum atomic E-state index is 1.17. The molecular formula is C8H16. The highest BCUT2D eigenvalue weighted by atomic mass is 14.0. The summed E-state index contributed by atoms with van der Waals surface area (Å²) < 4.78 is 0. The van der Waals surface area contributed by atoms with E-state index in [1.54, 1.807) is 0 Å². The van der Waals surface area contributed by atoms with Gasteiger partial charge in [-0.25, -0.2) is 0 Å². The molecule has 1 fully saturated rings. The molecule has 1 aliphatic rings. The van der Waals surface area contributed by atoms with Gasteiger partial charge in [0.15, 0.2) is 0 Å². The van der Waals surface area contributed by atoms with Crippen LogP contribution in [0.1, 0.15) is 39.5 Å². The second-order valence-corrected chi connectivity index (χ2v) is 2.62. The van der Waals surface area contributed by atoms with E-state index in [1.807, 2.05) is 13.8 Å². The molecule has 0 unspecified atom stereocenters. The molecule has 0 bridgehead atoms. The summed E-state index contributed by atoms with van der Waals surface area (Å²) in [6.07, 6.45) is 6.00. The van der Waals surface area contributed by atoms with Crippen molar-refractivity contribution in [3.63, 3.8) is 0 Å². The maximum absolute atomic E-state index is 3.56. The standard InChI is InChI=1S/2C4H8/c1-2-4-3-1;1-4(2)3/h1-4H2;1H2,2-3H3. The average Bonchev–Trinajstić information content (AvgIpc) is 1.19. The maximum atomic E-state index is 3.56. The Morgan fingerprint density at radius 3 is 1.12 bits per heavy atom. The molecule has 0 aromatic rings. The van der Waals surface area contributed by atoms with E-state index in [2.05, 4.69) is 6.58 Å². The van der Waals surface area contributed by atoms with Crippen LogP contribution >= 0.6 is 0 Å². The molecule has 0 aliphatic heterocycles. The van der Waals surface area contributed by atoms with Gasteiger partial charge in [0.2, 0.25) is 0 Å². The molecule has 0 heterocycles. The lowest BCUT2D eigenvalue weighted by atomic mass is 10.0. The van der Waals surface area contributed by atoms with E-state index in [0.29, 0.717) is 0 Å². The average molecular weight is 112 g/mol. The third-order valence-corrected chi connectivity index (χ3v) is 1.000. The van der Waals surface area contributed by atoms with Gasteiger partial charge in [0, 0.05) is 0 Å². The van der Waals surface area contributed by atoms with Crippen LogP contribution in [0.15, 0.2) is 12.2 Å². The van der Waals surface area contributed by atoms with Crippen LogP contribution in [0.25, 0.3) is 0 Å². The first-order chi connectivity index (χ1) is 3.73. The highest BCUT2D eigenvalue weighted by Gasteiger charge is 1.95. The summed E-state index contributed by atoms with van der Waals surface area (Å²) in [5, 5.41) is 0. The first-order valence-corrected chi connectivity index (χ1v) is 3.35. The van der Waals surface area contributed by atoms with Gasteiger partial charge in [-0.15, -0.1) is 6.58 Å². The van der Waals surface area contributed by atoms with Crippen molar-refractivity contribution in [2.75, 3.05) is 0 Å². The van der Waals surface area contributed by atoms with E-state index in [1.165, 1.54) is 31.3 Å². The summed E-state index contributed by atoms with van der Waals surface area (Å²) in [6, 6.07) is 0. The Balaban J connectivity index is 0.000000122. The SMILES string of the molecule is C1CCC1.C=C(C)C. The topological polar surface area (TPSA) is 0 Å². The van der Waals surface area contributed by atoms with Crippen molar-refractivity contribution in [3.8, 4) is 0 Å². The third kappa shape index (κ3) is 9.22. The lowest BCUT2D eigenvalue weighted by molar-refractivity contribution is 0.504. The molecule has 0 aromatic carbocycles. The van der Waals surface area contributed by atoms with Crippen LogP contribution in [-0.2, 0) is 0 Å². The summed E-state index contributed by atoms with van der Waals surface area (Å²) in [5.41, 5.74) is 1.17. The highest BCUT2D eigenvalue weighted by molar-refractivity contribution is 4.78. The molecule has 0 atom stereocenters. The van der Waals surface area contributed by atoms with Crippen molar-refractivity contribution in [3.05, 3.63) is 12.2 Å². The Labute approximate surface area is 52.6 Å². The molecule has 0 nitrogen and oxygen atoms in total.